The van der Waals surface area contributed by atoms with E-state index in [-0.39, 0.29) is 11.8 Å². The van der Waals surface area contributed by atoms with Gasteiger partial charge in [0.05, 0.1) is 0 Å². The summed E-state index contributed by atoms with van der Waals surface area (Å²) in [5.74, 6) is 1.10. The fourth-order valence-electron chi connectivity index (χ4n) is 3.74. The lowest BCUT2D eigenvalue weighted by Gasteiger charge is -2.09. The van der Waals surface area contributed by atoms with Crippen molar-refractivity contribution in [2.75, 3.05) is 5.32 Å². The Kier molecular flexibility index (Phi) is 4.28. The van der Waals surface area contributed by atoms with Crippen LogP contribution in [0.5, 0.6) is 0 Å². The van der Waals surface area contributed by atoms with Crippen LogP contribution in [0.25, 0.3) is 10.8 Å². The fraction of sp³-hybridized carbons (Fsp3) is 0.292. The monoisotopic (exact) mass is 343 g/mol. The third-order valence-electron chi connectivity index (χ3n) is 5.50. The zero-order chi connectivity index (χ0) is 18.3. The number of carbonyl (C=O) groups excluding carboxylic acids is 1. The van der Waals surface area contributed by atoms with E-state index in [4.69, 9.17) is 0 Å². The Hall–Kier alpha value is -2.61. The standard InChI is InChI=1S/C24H25NO/c1-15(2)18-8-5-9-19(12-18)22-14-23(22)24(26)25-20-11-10-17-7-4-6-16(3)21(17)13-20/h4-13,15,22-23H,14H2,1-3H3,(H,25,26)/t22-,23-/m1/s1. The minimum atomic E-state index is 0.0879. The SMILES string of the molecule is Cc1cccc2ccc(NC(=O)[C@@H]3C[C@@H]3c3cccc(C(C)C)c3)cc12. The van der Waals surface area contributed by atoms with E-state index in [9.17, 15) is 4.79 Å². The third-order valence-corrected chi connectivity index (χ3v) is 5.50. The maximum Gasteiger partial charge on any atom is 0.228 e. The second-order valence-corrected chi connectivity index (χ2v) is 7.77. The Labute approximate surface area is 155 Å². The van der Waals surface area contributed by atoms with E-state index in [1.807, 2.05) is 6.07 Å². The molecule has 3 aromatic rings. The molecule has 0 spiro atoms. The molecule has 1 N–H and O–H groups in total. The first-order valence-corrected chi connectivity index (χ1v) is 9.43. The van der Waals surface area contributed by atoms with Crippen LogP contribution in [0, 0.1) is 12.8 Å². The largest absolute Gasteiger partial charge is 0.326 e. The van der Waals surface area contributed by atoms with E-state index in [0.29, 0.717) is 11.8 Å². The van der Waals surface area contributed by atoms with Crippen molar-refractivity contribution in [1.29, 1.82) is 0 Å². The number of hydrogen-bond donors (Lipinski definition) is 1. The van der Waals surface area contributed by atoms with Gasteiger partial charge in [-0.2, -0.15) is 0 Å². The number of rotatable bonds is 4. The first-order valence-electron chi connectivity index (χ1n) is 9.43. The van der Waals surface area contributed by atoms with Crippen molar-refractivity contribution in [1.82, 2.24) is 0 Å². The second kappa shape index (κ2) is 6.60. The number of anilines is 1. The van der Waals surface area contributed by atoms with Gasteiger partial charge in [0.1, 0.15) is 0 Å². The van der Waals surface area contributed by atoms with Gasteiger partial charge in [0.25, 0.3) is 0 Å². The maximum absolute atomic E-state index is 12.7. The number of carbonyl (C=O) groups is 1. The van der Waals surface area contributed by atoms with E-state index >= 15 is 0 Å². The van der Waals surface area contributed by atoms with Gasteiger partial charge in [-0.15, -0.1) is 0 Å². The van der Waals surface area contributed by atoms with Crippen molar-refractivity contribution < 1.29 is 4.79 Å². The highest BCUT2D eigenvalue weighted by Gasteiger charge is 2.44. The van der Waals surface area contributed by atoms with E-state index in [1.54, 1.807) is 0 Å². The molecule has 1 amide bonds. The van der Waals surface area contributed by atoms with Crippen LogP contribution in [0.3, 0.4) is 0 Å². The lowest BCUT2D eigenvalue weighted by molar-refractivity contribution is -0.117. The minimum Gasteiger partial charge on any atom is -0.326 e. The summed E-state index contributed by atoms with van der Waals surface area (Å²) in [6, 6.07) is 21.1. The van der Waals surface area contributed by atoms with Crippen molar-refractivity contribution >= 4 is 22.4 Å². The molecule has 0 radical (unpaired) electrons. The number of aryl methyl sites for hydroxylation is 1. The van der Waals surface area contributed by atoms with Gasteiger partial charge < -0.3 is 5.32 Å². The summed E-state index contributed by atoms with van der Waals surface area (Å²) < 4.78 is 0. The summed E-state index contributed by atoms with van der Waals surface area (Å²) in [5, 5.41) is 5.52. The van der Waals surface area contributed by atoms with Crippen molar-refractivity contribution in [2.45, 2.75) is 39.0 Å². The molecule has 3 aromatic carbocycles. The first-order chi connectivity index (χ1) is 12.5. The highest BCUT2D eigenvalue weighted by molar-refractivity contribution is 5.98. The lowest BCUT2D eigenvalue weighted by Crippen LogP contribution is -2.14. The molecule has 1 aliphatic carbocycles. The van der Waals surface area contributed by atoms with Gasteiger partial charge in [-0.05, 0) is 64.8 Å². The average molecular weight is 343 g/mol. The Morgan fingerprint density at radius 1 is 1.04 bits per heavy atom. The van der Waals surface area contributed by atoms with Crippen molar-refractivity contribution in [3.63, 3.8) is 0 Å². The van der Waals surface area contributed by atoms with Crippen LogP contribution < -0.4 is 5.32 Å². The topological polar surface area (TPSA) is 29.1 Å². The summed E-state index contributed by atoms with van der Waals surface area (Å²) in [6.07, 6.45) is 0.944. The molecule has 1 fully saturated rings. The predicted octanol–water partition coefficient (Wildman–Crippen LogP) is 6.01. The van der Waals surface area contributed by atoms with Gasteiger partial charge in [-0.3, -0.25) is 4.79 Å². The molecule has 4 rings (SSSR count). The minimum absolute atomic E-state index is 0.0879. The Balaban J connectivity index is 1.48. The van der Waals surface area contributed by atoms with Crippen LogP contribution >= 0.6 is 0 Å². The summed E-state index contributed by atoms with van der Waals surface area (Å²) in [5.41, 5.74) is 4.76. The molecule has 0 aromatic heterocycles. The van der Waals surface area contributed by atoms with Crippen LogP contribution in [-0.4, -0.2) is 5.91 Å². The molecule has 0 saturated heterocycles. The zero-order valence-corrected chi connectivity index (χ0v) is 15.6. The summed E-state index contributed by atoms with van der Waals surface area (Å²) in [7, 11) is 0. The maximum atomic E-state index is 12.7. The van der Waals surface area contributed by atoms with Gasteiger partial charge in [-0.1, -0.05) is 62.4 Å². The number of nitrogens with one attached hydrogen (secondary N) is 1. The van der Waals surface area contributed by atoms with Crippen LogP contribution in [0.4, 0.5) is 5.69 Å². The molecule has 2 heteroatoms. The molecule has 2 nitrogen and oxygen atoms in total. The summed E-state index contributed by atoms with van der Waals surface area (Å²) in [6.45, 7) is 6.52. The van der Waals surface area contributed by atoms with Crippen LogP contribution in [0.1, 0.15) is 48.8 Å². The molecular formula is C24H25NO. The van der Waals surface area contributed by atoms with E-state index < -0.39 is 0 Å². The Bertz CT molecular complexity index is 973. The third kappa shape index (κ3) is 3.24. The van der Waals surface area contributed by atoms with Gasteiger partial charge in [-0.25, -0.2) is 0 Å². The van der Waals surface area contributed by atoms with Crippen LogP contribution in [-0.2, 0) is 4.79 Å². The molecule has 0 heterocycles. The first kappa shape index (κ1) is 16.8. The molecule has 0 bridgehead atoms. The highest BCUT2D eigenvalue weighted by Crippen LogP contribution is 2.48. The van der Waals surface area contributed by atoms with E-state index in [2.05, 4.69) is 80.7 Å². The van der Waals surface area contributed by atoms with Gasteiger partial charge >= 0.3 is 0 Å². The molecule has 2 atom stereocenters. The van der Waals surface area contributed by atoms with Crippen LogP contribution in [0.2, 0.25) is 0 Å². The van der Waals surface area contributed by atoms with Crippen molar-refractivity contribution in [3.05, 3.63) is 77.4 Å². The average Bonchev–Trinajstić information content (AvgIpc) is 3.43. The molecule has 132 valence electrons. The molecule has 1 saturated carbocycles. The Morgan fingerprint density at radius 2 is 1.85 bits per heavy atom. The van der Waals surface area contributed by atoms with Gasteiger partial charge in [0.2, 0.25) is 5.91 Å². The van der Waals surface area contributed by atoms with Crippen molar-refractivity contribution in [2.24, 2.45) is 5.92 Å². The second-order valence-electron chi connectivity index (χ2n) is 7.77. The smallest absolute Gasteiger partial charge is 0.228 e. The molecule has 0 aliphatic heterocycles. The lowest BCUT2D eigenvalue weighted by atomic mass is 9.98. The summed E-state index contributed by atoms with van der Waals surface area (Å²) in [4.78, 5) is 12.7. The van der Waals surface area contributed by atoms with E-state index in [1.165, 1.54) is 27.5 Å². The molecule has 1 aliphatic rings. The highest BCUT2D eigenvalue weighted by atomic mass is 16.2. The van der Waals surface area contributed by atoms with Crippen molar-refractivity contribution in [3.8, 4) is 0 Å². The molecule has 26 heavy (non-hydrogen) atoms. The number of hydrogen-bond acceptors (Lipinski definition) is 1. The Morgan fingerprint density at radius 3 is 2.65 bits per heavy atom. The molecule has 0 unspecified atom stereocenters. The summed E-state index contributed by atoms with van der Waals surface area (Å²) >= 11 is 0. The zero-order valence-electron chi connectivity index (χ0n) is 15.6. The van der Waals surface area contributed by atoms with E-state index in [0.717, 1.165) is 12.1 Å². The number of fused-ring (bicyclic) bond motifs is 1. The van der Waals surface area contributed by atoms with Gasteiger partial charge in [0.15, 0.2) is 0 Å². The normalized spacial score (nSPS) is 18.9. The predicted molar refractivity (Wildman–Crippen MR) is 109 cm³/mol. The molecular weight excluding hydrogens is 318 g/mol. The van der Waals surface area contributed by atoms with Crippen LogP contribution in [0.15, 0.2) is 60.7 Å². The number of benzene rings is 3. The van der Waals surface area contributed by atoms with Gasteiger partial charge in [0, 0.05) is 11.6 Å². The quantitative estimate of drug-likeness (QED) is 0.617. The fourth-order valence-corrected chi connectivity index (χ4v) is 3.74. The number of amides is 1.